The smallest absolute Gasteiger partial charge is 0.255 e. The Morgan fingerprint density at radius 3 is 3.12 bits per heavy atom. The van der Waals surface area contributed by atoms with Gasteiger partial charge in [-0.25, -0.2) is 4.98 Å². The fourth-order valence-corrected chi connectivity index (χ4v) is 3.74. The molecule has 0 saturated carbocycles. The van der Waals surface area contributed by atoms with Crippen LogP contribution in [0.2, 0.25) is 0 Å². The van der Waals surface area contributed by atoms with Gasteiger partial charge in [0.05, 0.1) is 16.5 Å². The van der Waals surface area contributed by atoms with Gasteiger partial charge in [0.1, 0.15) is 5.82 Å². The fourth-order valence-electron chi connectivity index (χ4n) is 2.48. The lowest BCUT2D eigenvalue weighted by molar-refractivity contribution is 0.601. The zero-order valence-electron chi connectivity index (χ0n) is 9.79. The maximum atomic E-state index is 12.0. The second-order valence-corrected chi connectivity index (χ2v) is 5.97. The predicted molar refractivity (Wildman–Crippen MR) is 69.3 cm³/mol. The minimum Gasteiger partial charge on any atom is -0.312 e. The quantitative estimate of drug-likeness (QED) is 0.791. The van der Waals surface area contributed by atoms with Gasteiger partial charge in [0.25, 0.3) is 5.56 Å². The van der Waals surface area contributed by atoms with Crippen molar-refractivity contribution in [1.82, 2.24) is 15.3 Å². The first-order chi connectivity index (χ1) is 8.34. The van der Waals surface area contributed by atoms with E-state index in [0.717, 1.165) is 36.5 Å². The molecular formula is C12H17N3OS. The van der Waals surface area contributed by atoms with Gasteiger partial charge in [0.2, 0.25) is 0 Å². The molecular weight excluding hydrogens is 234 g/mol. The van der Waals surface area contributed by atoms with E-state index in [0.29, 0.717) is 11.8 Å². The molecule has 3 rings (SSSR count). The van der Waals surface area contributed by atoms with Crippen molar-refractivity contribution in [2.75, 3.05) is 12.3 Å². The van der Waals surface area contributed by atoms with Gasteiger partial charge in [-0.3, -0.25) is 4.79 Å². The van der Waals surface area contributed by atoms with Crippen LogP contribution in [-0.2, 0) is 13.0 Å². The van der Waals surface area contributed by atoms with E-state index in [-0.39, 0.29) is 5.56 Å². The lowest BCUT2D eigenvalue weighted by Gasteiger charge is -2.22. The van der Waals surface area contributed by atoms with Crippen LogP contribution in [0.4, 0.5) is 0 Å². The van der Waals surface area contributed by atoms with Crippen LogP contribution in [0.3, 0.4) is 0 Å². The number of hydrogen-bond acceptors (Lipinski definition) is 4. The summed E-state index contributed by atoms with van der Waals surface area (Å²) in [6, 6.07) is 0. The Morgan fingerprint density at radius 1 is 1.35 bits per heavy atom. The summed E-state index contributed by atoms with van der Waals surface area (Å²) in [5.41, 5.74) is 1.90. The Balaban J connectivity index is 1.95. The Bertz CT molecular complexity index is 465. The van der Waals surface area contributed by atoms with Crippen molar-refractivity contribution < 1.29 is 0 Å². The molecule has 1 unspecified atom stereocenters. The lowest BCUT2D eigenvalue weighted by atomic mass is 10.1. The van der Waals surface area contributed by atoms with Gasteiger partial charge in [-0.2, -0.15) is 11.8 Å². The first kappa shape index (κ1) is 11.3. The van der Waals surface area contributed by atoms with E-state index < -0.39 is 0 Å². The number of nitrogens with zero attached hydrogens (tertiary/aromatic N) is 1. The number of aromatic nitrogens is 2. The molecule has 92 valence electrons. The van der Waals surface area contributed by atoms with Crippen LogP contribution in [0.25, 0.3) is 0 Å². The lowest BCUT2D eigenvalue weighted by Crippen LogP contribution is -2.32. The Morgan fingerprint density at radius 2 is 2.29 bits per heavy atom. The topological polar surface area (TPSA) is 57.8 Å². The predicted octanol–water partition coefficient (Wildman–Crippen LogP) is 1.37. The van der Waals surface area contributed by atoms with Gasteiger partial charge in [0.15, 0.2) is 0 Å². The van der Waals surface area contributed by atoms with Crippen LogP contribution in [0.1, 0.15) is 41.6 Å². The molecule has 0 aromatic carbocycles. The Labute approximate surface area is 105 Å². The highest BCUT2D eigenvalue weighted by molar-refractivity contribution is 7.99. The summed E-state index contributed by atoms with van der Waals surface area (Å²) in [7, 11) is 0. The molecule has 1 fully saturated rings. The minimum atomic E-state index is 0.0587. The third-order valence-electron chi connectivity index (χ3n) is 3.44. The number of thioether (sulfide) groups is 1. The van der Waals surface area contributed by atoms with Gasteiger partial charge >= 0.3 is 0 Å². The zero-order valence-corrected chi connectivity index (χ0v) is 10.6. The zero-order chi connectivity index (χ0) is 11.7. The van der Waals surface area contributed by atoms with Crippen LogP contribution in [0.5, 0.6) is 0 Å². The van der Waals surface area contributed by atoms with E-state index in [9.17, 15) is 4.79 Å². The summed E-state index contributed by atoms with van der Waals surface area (Å²) >= 11 is 1.93. The molecule has 4 nitrogen and oxygen atoms in total. The summed E-state index contributed by atoms with van der Waals surface area (Å²) in [4.78, 5) is 19.6. The highest BCUT2D eigenvalue weighted by Crippen LogP contribution is 2.36. The van der Waals surface area contributed by atoms with Crippen LogP contribution in [0.15, 0.2) is 4.79 Å². The molecule has 0 radical (unpaired) electrons. The third-order valence-corrected chi connectivity index (χ3v) is 4.83. The van der Waals surface area contributed by atoms with Crippen molar-refractivity contribution in [2.45, 2.75) is 37.5 Å². The normalized spacial score (nSPS) is 24.4. The number of H-pyrrole nitrogens is 1. The largest absolute Gasteiger partial charge is 0.312 e. The van der Waals surface area contributed by atoms with E-state index >= 15 is 0 Å². The molecule has 2 aliphatic rings. The van der Waals surface area contributed by atoms with Crippen molar-refractivity contribution in [1.29, 1.82) is 0 Å². The van der Waals surface area contributed by atoms with Crippen molar-refractivity contribution in [2.24, 2.45) is 0 Å². The monoisotopic (exact) mass is 251 g/mol. The molecule has 0 aliphatic carbocycles. The fraction of sp³-hybridized carbons (Fsp3) is 0.667. The van der Waals surface area contributed by atoms with Crippen molar-refractivity contribution >= 4 is 11.8 Å². The van der Waals surface area contributed by atoms with E-state index in [1.165, 1.54) is 18.6 Å². The van der Waals surface area contributed by atoms with Crippen molar-refractivity contribution in [3.05, 3.63) is 27.4 Å². The SMILES string of the molecule is O=c1[nH]c(C2CCCCS2)nc2c1CNCC2. The van der Waals surface area contributed by atoms with Gasteiger partial charge in [-0.1, -0.05) is 6.42 Å². The number of fused-ring (bicyclic) bond motifs is 1. The molecule has 1 atom stereocenters. The average molecular weight is 251 g/mol. The van der Waals surface area contributed by atoms with Gasteiger partial charge in [0, 0.05) is 19.5 Å². The van der Waals surface area contributed by atoms with E-state index in [1.54, 1.807) is 0 Å². The summed E-state index contributed by atoms with van der Waals surface area (Å²) in [6.07, 6.45) is 4.56. The van der Waals surface area contributed by atoms with Gasteiger partial charge < -0.3 is 10.3 Å². The second-order valence-electron chi connectivity index (χ2n) is 4.66. The number of rotatable bonds is 1. The van der Waals surface area contributed by atoms with Gasteiger partial charge in [-0.15, -0.1) is 0 Å². The molecule has 17 heavy (non-hydrogen) atoms. The summed E-state index contributed by atoms with van der Waals surface area (Å²) in [6.45, 7) is 1.59. The van der Waals surface area contributed by atoms with Crippen molar-refractivity contribution in [3.63, 3.8) is 0 Å². The molecule has 2 aliphatic heterocycles. The van der Waals surface area contributed by atoms with Crippen LogP contribution >= 0.6 is 11.8 Å². The average Bonchev–Trinajstić information content (AvgIpc) is 2.40. The van der Waals surface area contributed by atoms with Crippen LogP contribution in [0, 0.1) is 0 Å². The molecule has 0 spiro atoms. The highest BCUT2D eigenvalue weighted by atomic mass is 32.2. The van der Waals surface area contributed by atoms with Crippen LogP contribution < -0.4 is 10.9 Å². The minimum absolute atomic E-state index is 0.0587. The van der Waals surface area contributed by atoms with E-state index in [1.807, 2.05) is 11.8 Å². The standard InChI is InChI=1S/C12H17N3OS/c16-12-8-7-13-5-4-9(8)14-11(15-12)10-3-1-2-6-17-10/h10,13H,1-7H2,(H,14,15,16). The first-order valence-electron chi connectivity index (χ1n) is 6.29. The molecule has 0 amide bonds. The van der Waals surface area contributed by atoms with E-state index in [4.69, 9.17) is 0 Å². The molecule has 5 heteroatoms. The van der Waals surface area contributed by atoms with E-state index in [2.05, 4.69) is 15.3 Å². The van der Waals surface area contributed by atoms with Gasteiger partial charge in [-0.05, 0) is 18.6 Å². The third kappa shape index (κ3) is 2.26. The summed E-state index contributed by atoms with van der Waals surface area (Å²) in [5.74, 6) is 2.09. The molecule has 1 saturated heterocycles. The number of nitrogens with one attached hydrogen (secondary N) is 2. The van der Waals surface area contributed by atoms with Crippen LogP contribution in [-0.4, -0.2) is 22.3 Å². The second kappa shape index (κ2) is 4.82. The summed E-state index contributed by atoms with van der Waals surface area (Å²) in [5, 5.41) is 3.62. The molecule has 0 bridgehead atoms. The Kier molecular flexibility index (Phi) is 3.20. The molecule has 1 aromatic rings. The summed E-state index contributed by atoms with van der Waals surface area (Å²) < 4.78 is 0. The Hall–Kier alpha value is -0.810. The number of aromatic amines is 1. The number of hydrogen-bond donors (Lipinski definition) is 2. The molecule has 2 N–H and O–H groups in total. The molecule has 1 aromatic heterocycles. The maximum absolute atomic E-state index is 12.0. The maximum Gasteiger partial charge on any atom is 0.255 e. The highest BCUT2D eigenvalue weighted by Gasteiger charge is 2.21. The van der Waals surface area contributed by atoms with Crippen molar-refractivity contribution in [3.8, 4) is 0 Å². The molecule has 3 heterocycles. The first-order valence-corrected chi connectivity index (χ1v) is 7.34.